The highest BCUT2D eigenvalue weighted by Gasteiger charge is 2.21. The number of amides is 1. The second kappa shape index (κ2) is 5.95. The Hall–Kier alpha value is -0.650. The van der Waals surface area contributed by atoms with Gasteiger partial charge in [0.2, 0.25) is 5.91 Å². The molecule has 1 atom stereocenters. The van der Waals surface area contributed by atoms with E-state index in [1.807, 2.05) is 0 Å². The number of nitrogens with zero attached hydrogens (tertiary/aromatic N) is 1. The number of piperazine rings is 1. The lowest BCUT2D eigenvalue weighted by molar-refractivity contribution is -0.132. The first-order chi connectivity index (χ1) is 6.77. The zero-order valence-electron chi connectivity index (χ0n) is 8.41. The summed E-state index contributed by atoms with van der Waals surface area (Å²) in [5.74, 6) is 0.149. The molecule has 0 aromatic rings. The number of rotatable bonds is 4. The van der Waals surface area contributed by atoms with Crippen LogP contribution < -0.4 is 11.1 Å². The van der Waals surface area contributed by atoms with Crippen molar-refractivity contribution in [2.75, 3.05) is 32.8 Å². The second-order valence-corrected chi connectivity index (χ2v) is 3.57. The van der Waals surface area contributed by atoms with E-state index < -0.39 is 0 Å². The summed E-state index contributed by atoms with van der Waals surface area (Å²) in [4.78, 5) is 13.4. The van der Waals surface area contributed by atoms with Crippen LogP contribution >= 0.6 is 0 Å². The highest BCUT2D eigenvalue weighted by atomic mass is 16.3. The summed E-state index contributed by atoms with van der Waals surface area (Å²) in [5.41, 5.74) is 5.34. The van der Waals surface area contributed by atoms with E-state index in [9.17, 15) is 4.79 Å². The molecule has 0 spiro atoms. The van der Waals surface area contributed by atoms with E-state index in [2.05, 4.69) is 5.32 Å². The molecule has 0 bridgehead atoms. The highest BCUT2D eigenvalue weighted by molar-refractivity contribution is 5.76. The van der Waals surface area contributed by atoms with Crippen molar-refractivity contribution in [1.29, 1.82) is 0 Å². The third kappa shape index (κ3) is 3.25. The lowest BCUT2D eigenvalue weighted by Gasteiger charge is -2.32. The van der Waals surface area contributed by atoms with Gasteiger partial charge in [0, 0.05) is 32.1 Å². The molecule has 0 saturated carbocycles. The molecule has 0 aromatic carbocycles. The average molecular weight is 201 g/mol. The molecule has 0 unspecified atom stereocenters. The van der Waals surface area contributed by atoms with Crippen LogP contribution in [0.1, 0.15) is 12.8 Å². The maximum Gasteiger partial charge on any atom is 0.222 e. The molecule has 1 amide bonds. The van der Waals surface area contributed by atoms with Crippen LogP contribution in [0.3, 0.4) is 0 Å². The first-order valence-corrected chi connectivity index (χ1v) is 5.10. The van der Waals surface area contributed by atoms with Gasteiger partial charge in [0.25, 0.3) is 0 Å². The normalized spacial score (nSPS) is 22.4. The fourth-order valence-corrected chi connectivity index (χ4v) is 1.59. The Balaban J connectivity index is 2.31. The minimum absolute atomic E-state index is 0.0329. The van der Waals surface area contributed by atoms with Crippen LogP contribution in [0.15, 0.2) is 0 Å². The Labute approximate surface area is 84.3 Å². The van der Waals surface area contributed by atoms with Crippen LogP contribution in [0.4, 0.5) is 0 Å². The Morgan fingerprint density at radius 3 is 3.07 bits per heavy atom. The lowest BCUT2D eigenvalue weighted by atomic mass is 10.2. The molecule has 4 N–H and O–H groups in total. The molecular formula is C9H19N3O2. The summed E-state index contributed by atoms with van der Waals surface area (Å²) in [6, 6.07) is 0.0329. The minimum atomic E-state index is 0.0329. The molecule has 5 heteroatoms. The van der Waals surface area contributed by atoms with Crippen LogP contribution in [-0.2, 0) is 4.79 Å². The third-order valence-electron chi connectivity index (χ3n) is 2.42. The van der Waals surface area contributed by atoms with E-state index >= 15 is 0 Å². The fraction of sp³-hybridized carbons (Fsp3) is 0.889. The largest absolute Gasteiger partial charge is 0.395 e. The van der Waals surface area contributed by atoms with Crippen molar-refractivity contribution in [1.82, 2.24) is 10.2 Å². The maximum absolute atomic E-state index is 11.6. The van der Waals surface area contributed by atoms with E-state index in [0.29, 0.717) is 19.5 Å². The molecule has 1 rings (SSSR count). The molecule has 0 aliphatic carbocycles. The maximum atomic E-state index is 11.6. The van der Waals surface area contributed by atoms with Crippen molar-refractivity contribution in [3.63, 3.8) is 0 Å². The van der Waals surface area contributed by atoms with Crippen molar-refractivity contribution in [2.24, 2.45) is 5.73 Å². The number of hydrogen-bond acceptors (Lipinski definition) is 4. The molecule has 1 heterocycles. The molecule has 1 saturated heterocycles. The fourth-order valence-electron chi connectivity index (χ4n) is 1.59. The Bertz CT molecular complexity index is 187. The van der Waals surface area contributed by atoms with E-state index in [1.165, 1.54) is 0 Å². The predicted octanol–water partition coefficient (Wildman–Crippen LogP) is -1.48. The number of hydrogen-bond donors (Lipinski definition) is 3. The molecule has 0 aromatic heterocycles. The third-order valence-corrected chi connectivity index (χ3v) is 2.42. The van der Waals surface area contributed by atoms with Gasteiger partial charge in [-0.2, -0.15) is 0 Å². The van der Waals surface area contributed by atoms with Crippen molar-refractivity contribution in [3.8, 4) is 0 Å². The number of nitrogens with two attached hydrogens (primary N) is 1. The van der Waals surface area contributed by atoms with Crippen molar-refractivity contribution < 1.29 is 9.90 Å². The molecule has 1 aliphatic heterocycles. The number of carbonyl (C=O) groups excluding carboxylic acids is 1. The minimum Gasteiger partial charge on any atom is -0.395 e. The first kappa shape index (κ1) is 11.4. The summed E-state index contributed by atoms with van der Waals surface area (Å²) >= 11 is 0. The number of aliphatic hydroxyl groups is 1. The van der Waals surface area contributed by atoms with E-state index in [-0.39, 0.29) is 18.6 Å². The summed E-state index contributed by atoms with van der Waals surface area (Å²) < 4.78 is 0. The van der Waals surface area contributed by atoms with Gasteiger partial charge in [0.05, 0.1) is 6.61 Å². The average Bonchev–Trinajstić information content (AvgIpc) is 2.26. The molecule has 1 fully saturated rings. The van der Waals surface area contributed by atoms with Crippen LogP contribution in [0.25, 0.3) is 0 Å². The van der Waals surface area contributed by atoms with Crippen molar-refractivity contribution >= 4 is 5.91 Å². The van der Waals surface area contributed by atoms with Gasteiger partial charge in [-0.3, -0.25) is 4.79 Å². The zero-order chi connectivity index (χ0) is 10.4. The summed E-state index contributed by atoms with van der Waals surface area (Å²) in [6.07, 6.45) is 1.27. The highest BCUT2D eigenvalue weighted by Crippen LogP contribution is 2.02. The molecule has 5 nitrogen and oxygen atoms in total. The van der Waals surface area contributed by atoms with E-state index in [0.717, 1.165) is 19.5 Å². The monoisotopic (exact) mass is 201 g/mol. The van der Waals surface area contributed by atoms with Gasteiger partial charge < -0.3 is 21.1 Å². The van der Waals surface area contributed by atoms with Crippen LogP contribution in [0, 0.1) is 0 Å². The first-order valence-electron chi connectivity index (χ1n) is 5.10. The number of carbonyl (C=O) groups is 1. The van der Waals surface area contributed by atoms with Gasteiger partial charge in [-0.15, -0.1) is 0 Å². The quantitative estimate of drug-likeness (QED) is 0.518. The number of nitrogens with one attached hydrogen (secondary N) is 1. The summed E-state index contributed by atoms with van der Waals surface area (Å²) in [7, 11) is 0. The van der Waals surface area contributed by atoms with Gasteiger partial charge in [0.1, 0.15) is 0 Å². The van der Waals surface area contributed by atoms with E-state index in [1.54, 1.807) is 4.90 Å². The second-order valence-electron chi connectivity index (χ2n) is 3.57. The smallest absolute Gasteiger partial charge is 0.222 e. The SMILES string of the molecule is NCCCC(=O)N1CCN[C@H](CO)C1. The van der Waals surface area contributed by atoms with Gasteiger partial charge in [0.15, 0.2) is 0 Å². The zero-order valence-corrected chi connectivity index (χ0v) is 8.41. The van der Waals surface area contributed by atoms with Gasteiger partial charge in [-0.1, -0.05) is 0 Å². The topological polar surface area (TPSA) is 78.6 Å². The van der Waals surface area contributed by atoms with Crippen LogP contribution in [0.5, 0.6) is 0 Å². The standard InChI is InChI=1S/C9H19N3O2/c10-3-1-2-9(14)12-5-4-11-8(6-12)7-13/h8,11,13H,1-7,10H2/t8-/m0/s1. The summed E-state index contributed by atoms with van der Waals surface area (Å²) in [5, 5.41) is 12.1. The summed E-state index contributed by atoms with van der Waals surface area (Å²) in [6.45, 7) is 2.75. The molecule has 82 valence electrons. The van der Waals surface area contributed by atoms with Gasteiger partial charge >= 0.3 is 0 Å². The number of aliphatic hydroxyl groups excluding tert-OH is 1. The molecule has 0 radical (unpaired) electrons. The van der Waals surface area contributed by atoms with Crippen LogP contribution in [0.2, 0.25) is 0 Å². The molecule has 1 aliphatic rings. The van der Waals surface area contributed by atoms with Gasteiger partial charge in [-0.25, -0.2) is 0 Å². The van der Waals surface area contributed by atoms with Gasteiger partial charge in [-0.05, 0) is 13.0 Å². The van der Waals surface area contributed by atoms with Crippen molar-refractivity contribution in [3.05, 3.63) is 0 Å². The van der Waals surface area contributed by atoms with Crippen LogP contribution in [-0.4, -0.2) is 54.7 Å². The lowest BCUT2D eigenvalue weighted by Crippen LogP contribution is -2.54. The predicted molar refractivity (Wildman–Crippen MR) is 53.7 cm³/mol. The Morgan fingerprint density at radius 2 is 2.43 bits per heavy atom. The molecular weight excluding hydrogens is 182 g/mol. The Kier molecular flexibility index (Phi) is 4.86. The van der Waals surface area contributed by atoms with E-state index in [4.69, 9.17) is 10.8 Å². The Morgan fingerprint density at radius 1 is 1.64 bits per heavy atom. The molecule has 14 heavy (non-hydrogen) atoms. The van der Waals surface area contributed by atoms with Crippen molar-refractivity contribution in [2.45, 2.75) is 18.9 Å².